The van der Waals surface area contributed by atoms with Gasteiger partial charge in [-0.2, -0.15) is 18.2 Å². The lowest BCUT2D eigenvalue weighted by Gasteiger charge is -2.14. The molecule has 2 aromatic rings. The fourth-order valence-corrected chi connectivity index (χ4v) is 2.16. The number of alkyl halides is 3. The highest BCUT2D eigenvalue weighted by Gasteiger charge is 2.33. The van der Waals surface area contributed by atoms with Crippen LogP contribution in [0.1, 0.15) is 19.5 Å². The second kappa shape index (κ2) is 6.69. The van der Waals surface area contributed by atoms with E-state index in [1.807, 2.05) is 0 Å². The Morgan fingerprint density at radius 2 is 1.83 bits per heavy atom. The quantitative estimate of drug-likeness (QED) is 0.721. The summed E-state index contributed by atoms with van der Waals surface area (Å²) < 4.78 is 52.3. The molecule has 1 aromatic carbocycles. The molecule has 1 aromatic heterocycles. The van der Waals surface area contributed by atoms with Crippen LogP contribution in [0.15, 0.2) is 28.7 Å². The molecule has 0 unspecified atom stereocenters. The minimum Gasteiger partial charge on any atom is -0.352 e. The molecule has 0 aliphatic carbocycles. The molecule has 0 fully saturated rings. The number of rotatable bonds is 4. The van der Waals surface area contributed by atoms with Gasteiger partial charge in [0.15, 0.2) is 5.69 Å². The van der Waals surface area contributed by atoms with Gasteiger partial charge in [0, 0.05) is 16.6 Å². The van der Waals surface area contributed by atoms with Crippen molar-refractivity contribution in [3.05, 3.63) is 40.2 Å². The first-order valence-corrected chi connectivity index (χ1v) is 7.39. The molecule has 0 amide bonds. The van der Waals surface area contributed by atoms with Crippen LogP contribution in [0.4, 0.5) is 35.0 Å². The second-order valence-electron chi connectivity index (χ2n) is 5.01. The van der Waals surface area contributed by atoms with E-state index in [1.54, 1.807) is 13.8 Å². The van der Waals surface area contributed by atoms with Gasteiger partial charge in [-0.3, -0.25) is 0 Å². The van der Waals surface area contributed by atoms with Crippen molar-refractivity contribution < 1.29 is 17.6 Å². The number of benzene rings is 1. The van der Waals surface area contributed by atoms with E-state index in [4.69, 9.17) is 0 Å². The van der Waals surface area contributed by atoms with Gasteiger partial charge in [0.2, 0.25) is 5.95 Å². The third kappa shape index (κ3) is 4.78. The Bertz CT molecular complexity index is 704. The first kappa shape index (κ1) is 17.5. The number of hydrogen-bond donors (Lipinski definition) is 2. The highest BCUT2D eigenvalue weighted by molar-refractivity contribution is 9.10. The minimum absolute atomic E-state index is 0.0530. The number of nitrogens with zero attached hydrogens (tertiary/aromatic N) is 2. The third-order valence-electron chi connectivity index (χ3n) is 2.63. The van der Waals surface area contributed by atoms with E-state index in [0.717, 1.165) is 6.07 Å². The number of aromatic nitrogens is 2. The lowest BCUT2D eigenvalue weighted by molar-refractivity contribution is -0.141. The molecule has 0 spiro atoms. The first-order chi connectivity index (χ1) is 10.6. The third-order valence-corrected chi connectivity index (χ3v) is 3.28. The zero-order valence-corrected chi connectivity index (χ0v) is 13.8. The van der Waals surface area contributed by atoms with E-state index in [2.05, 4.69) is 36.5 Å². The molecule has 0 saturated carbocycles. The largest absolute Gasteiger partial charge is 0.433 e. The van der Waals surface area contributed by atoms with Crippen molar-refractivity contribution in [2.24, 2.45) is 0 Å². The Labute approximate surface area is 138 Å². The number of halogens is 5. The molecule has 0 bridgehead atoms. The topological polar surface area (TPSA) is 49.8 Å². The van der Waals surface area contributed by atoms with E-state index in [1.165, 1.54) is 18.2 Å². The zero-order chi connectivity index (χ0) is 17.2. The molecule has 4 nitrogen and oxygen atoms in total. The van der Waals surface area contributed by atoms with Gasteiger partial charge in [0.05, 0.1) is 5.69 Å². The van der Waals surface area contributed by atoms with Crippen molar-refractivity contribution >= 4 is 33.4 Å². The second-order valence-corrected chi connectivity index (χ2v) is 5.86. The van der Waals surface area contributed by atoms with E-state index in [9.17, 15) is 17.6 Å². The minimum atomic E-state index is -4.60. The summed E-state index contributed by atoms with van der Waals surface area (Å²) in [4.78, 5) is 7.46. The summed E-state index contributed by atoms with van der Waals surface area (Å²) in [6.07, 6.45) is -4.60. The predicted molar refractivity (Wildman–Crippen MR) is 83.2 cm³/mol. The summed E-state index contributed by atoms with van der Waals surface area (Å²) in [6, 6.07) is 4.43. The maximum Gasteiger partial charge on any atom is 0.433 e. The molecular formula is C14H13BrF4N4. The average Bonchev–Trinajstić information content (AvgIpc) is 2.40. The van der Waals surface area contributed by atoms with Crippen LogP contribution in [0.25, 0.3) is 0 Å². The summed E-state index contributed by atoms with van der Waals surface area (Å²) in [5.74, 6) is -0.665. The molecular weight excluding hydrogens is 380 g/mol. The van der Waals surface area contributed by atoms with Crippen LogP contribution >= 0.6 is 15.9 Å². The van der Waals surface area contributed by atoms with Gasteiger partial charge in [-0.15, -0.1) is 0 Å². The van der Waals surface area contributed by atoms with Crippen LogP contribution in [-0.2, 0) is 6.18 Å². The standard InChI is InChI=1S/C14H13BrF4N4/c1-7(2)20-13-22-11(14(17,18)19)6-12(23-13)21-10-4-3-8(16)5-9(10)15/h3-7H,1-2H3,(H2,20,21,22,23). The van der Waals surface area contributed by atoms with Crippen molar-refractivity contribution in [3.63, 3.8) is 0 Å². The normalized spacial score (nSPS) is 11.7. The molecule has 2 N–H and O–H groups in total. The van der Waals surface area contributed by atoms with Gasteiger partial charge in [0.25, 0.3) is 0 Å². The van der Waals surface area contributed by atoms with Gasteiger partial charge in [0.1, 0.15) is 11.6 Å². The fourth-order valence-electron chi connectivity index (χ4n) is 1.71. The van der Waals surface area contributed by atoms with E-state index in [-0.39, 0.29) is 17.8 Å². The summed E-state index contributed by atoms with van der Waals surface area (Å²) in [7, 11) is 0. The summed E-state index contributed by atoms with van der Waals surface area (Å²) in [6.45, 7) is 3.51. The smallest absolute Gasteiger partial charge is 0.352 e. The van der Waals surface area contributed by atoms with Crippen LogP contribution in [0.3, 0.4) is 0 Å². The molecule has 0 saturated heterocycles. The SMILES string of the molecule is CC(C)Nc1nc(Nc2ccc(F)cc2Br)cc(C(F)(F)F)n1. The number of nitrogens with one attached hydrogen (secondary N) is 2. The van der Waals surface area contributed by atoms with Crippen molar-refractivity contribution in [1.29, 1.82) is 0 Å². The Hall–Kier alpha value is -1.90. The van der Waals surface area contributed by atoms with E-state index < -0.39 is 17.7 Å². The van der Waals surface area contributed by atoms with Crippen LogP contribution in [0.2, 0.25) is 0 Å². The first-order valence-electron chi connectivity index (χ1n) is 6.60. The lowest BCUT2D eigenvalue weighted by Crippen LogP contribution is -2.17. The van der Waals surface area contributed by atoms with Crippen molar-refractivity contribution in [1.82, 2.24) is 9.97 Å². The fraction of sp³-hybridized carbons (Fsp3) is 0.286. The Morgan fingerprint density at radius 1 is 1.13 bits per heavy atom. The van der Waals surface area contributed by atoms with Gasteiger partial charge in [-0.25, -0.2) is 9.37 Å². The molecule has 0 atom stereocenters. The van der Waals surface area contributed by atoms with Gasteiger partial charge in [-0.05, 0) is 48.0 Å². The molecule has 2 rings (SSSR count). The van der Waals surface area contributed by atoms with Crippen molar-refractivity contribution in [2.75, 3.05) is 10.6 Å². The van der Waals surface area contributed by atoms with Gasteiger partial charge < -0.3 is 10.6 Å². The highest BCUT2D eigenvalue weighted by Crippen LogP contribution is 2.32. The van der Waals surface area contributed by atoms with Crippen LogP contribution < -0.4 is 10.6 Å². The summed E-state index contributed by atoms with van der Waals surface area (Å²) in [5.41, 5.74) is -0.690. The maximum absolute atomic E-state index is 13.1. The molecule has 1 heterocycles. The Balaban J connectivity index is 2.40. The van der Waals surface area contributed by atoms with Crippen LogP contribution in [0, 0.1) is 5.82 Å². The number of anilines is 3. The van der Waals surface area contributed by atoms with Crippen LogP contribution in [0.5, 0.6) is 0 Å². The lowest BCUT2D eigenvalue weighted by atomic mass is 10.3. The Kier molecular flexibility index (Phi) is 5.08. The zero-order valence-electron chi connectivity index (χ0n) is 12.2. The predicted octanol–water partition coefficient (Wildman–Crippen LogP) is 4.96. The van der Waals surface area contributed by atoms with Crippen LogP contribution in [-0.4, -0.2) is 16.0 Å². The summed E-state index contributed by atoms with van der Waals surface area (Å²) >= 11 is 3.14. The monoisotopic (exact) mass is 392 g/mol. The molecule has 9 heteroatoms. The maximum atomic E-state index is 13.1. The molecule has 124 valence electrons. The van der Waals surface area contributed by atoms with Crippen molar-refractivity contribution in [2.45, 2.75) is 26.1 Å². The van der Waals surface area contributed by atoms with Gasteiger partial charge >= 0.3 is 6.18 Å². The van der Waals surface area contributed by atoms with Gasteiger partial charge in [-0.1, -0.05) is 0 Å². The van der Waals surface area contributed by atoms with E-state index >= 15 is 0 Å². The Morgan fingerprint density at radius 3 is 2.39 bits per heavy atom. The summed E-state index contributed by atoms with van der Waals surface area (Å²) in [5, 5.41) is 5.45. The highest BCUT2D eigenvalue weighted by atomic mass is 79.9. The molecule has 0 aliphatic heterocycles. The number of hydrogen-bond acceptors (Lipinski definition) is 4. The average molecular weight is 393 g/mol. The van der Waals surface area contributed by atoms with E-state index in [0.29, 0.717) is 10.2 Å². The van der Waals surface area contributed by atoms with Crippen molar-refractivity contribution in [3.8, 4) is 0 Å². The molecule has 0 radical (unpaired) electrons. The molecule has 0 aliphatic rings. The molecule has 23 heavy (non-hydrogen) atoms.